The first kappa shape index (κ1) is 16.3. The monoisotopic (exact) mass is 342 g/mol. The van der Waals surface area contributed by atoms with Crippen LogP contribution in [0.5, 0.6) is 0 Å². The van der Waals surface area contributed by atoms with Gasteiger partial charge in [0.15, 0.2) is 0 Å². The average Bonchev–Trinajstić information content (AvgIpc) is 3.02. The molecule has 1 aromatic rings. The van der Waals surface area contributed by atoms with Crippen LogP contribution in [0.2, 0.25) is 0 Å². The van der Waals surface area contributed by atoms with Gasteiger partial charge in [-0.25, -0.2) is 13.2 Å². The Kier molecular flexibility index (Phi) is 4.20. The van der Waals surface area contributed by atoms with Crippen molar-refractivity contribution in [3.05, 3.63) is 77.4 Å². The highest BCUT2D eigenvalue weighted by molar-refractivity contribution is 7.89. The van der Waals surface area contributed by atoms with E-state index in [1.807, 2.05) is 6.92 Å². The molecule has 1 aromatic carbocycles. The number of hydrogen-bond donors (Lipinski definition) is 1. The summed E-state index contributed by atoms with van der Waals surface area (Å²) in [5, 5.41) is 9.44. The van der Waals surface area contributed by atoms with Gasteiger partial charge in [0, 0.05) is 18.7 Å². The summed E-state index contributed by atoms with van der Waals surface area (Å²) in [5.41, 5.74) is 1.60. The molecule has 6 heteroatoms. The molecule has 0 saturated carbocycles. The van der Waals surface area contributed by atoms with E-state index in [0.29, 0.717) is 5.57 Å². The first-order chi connectivity index (χ1) is 11.4. The summed E-state index contributed by atoms with van der Waals surface area (Å²) >= 11 is 0. The molecule has 2 aliphatic rings. The molecule has 0 amide bonds. The van der Waals surface area contributed by atoms with Crippen LogP contribution in [0.25, 0.3) is 0 Å². The van der Waals surface area contributed by atoms with Crippen LogP contribution in [0.3, 0.4) is 0 Å². The second kappa shape index (κ2) is 6.17. The van der Waals surface area contributed by atoms with Gasteiger partial charge in [-0.3, -0.25) is 0 Å². The Balaban J connectivity index is 2.04. The molecule has 0 radical (unpaired) electrons. The molecule has 0 aromatic heterocycles. The van der Waals surface area contributed by atoms with Crippen molar-refractivity contribution in [1.82, 2.24) is 4.31 Å². The summed E-state index contributed by atoms with van der Waals surface area (Å²) < 4.78 is 27.2. The van der Waals surface area contributed by atoms with Gasteiger partial charge in [0.2, 0.25) is 10.0 Å². The van der Waals surface area contributed by atoms with E-state index < -0.39 is 22.0 Å². The zero-order chi connectivity index (χ0) is 17.3. The third-order valence-corrected chi connectivity index (χ3v) is 5.84. The molecule has 3 rings (SSSR count). The van der Waals surface area contributed by atoms with Gasteiger partial charge in [0.25, 0.3) is 0 Å². The molecule has 1 aliphatic heterocycles. The van der Waals surface area contributed by atoms with Gasteiger partial charge in [0.1, 0.15) is 18.2 Å². The number of sulfonamides is 1. The van der Waals surface area contributed by atoms with Crippen molar-refractivity contribution in [2.24, 2.45) is 0 Å². The van der Waals surface area contributed by atoms with Crippen LogP contribution in [0.15, 0.2) is 70.7 Å². The van der Waals surface area contributed by atoms with Crippen LogP contribution >= 0.6 is 0 Å². The van der Waals surface area contributed by atoms with Gasteiger partial charge in [-0.1, -0.05) is 23.8 Å². The molecule has 0 unspecified atom stereocenters. The molecule has 5 nitrogen and oxygen atoms in total. The van der Waals surface area contributed by atoms with Crippen LogP contribution in [0.4, 0.5) is 0 Å². The Bertz CT molecular complexity index is 889. The molecule has 24 heavy (non-hydrogen) atoms. The minimum absolute atomic E-state index is 0.0252. The smallest absolute Gasteiger partial charge is 0.334 e. The van der Waals surface area contributed by atoms with Gasteiger partial charge >= 0.3 is 5.97 Å². The minimum atomic E-state index is -3.82. The number of nitrogens with zero attached hydrogens (tertiary/aromatic N) is 1. The van der Waals surface area contributed by atoms with Crippen LogP contribution in [-0.4, -0.2) is 36.4 Å². The lowest BCUT2D eigenvalue weighted by atomic mass is 9.98. The lowest BCUT2D eigenvalue weighted by molar-refractivity contribution is -0.132. The predicted molar refractivity (Wildman–Crippen MR) is 89.6 cm³/mol. The number of allylic oxidation sites excluding steroid dienone is 4. The second-order valence-corrected chi connectivity index (χ2v) is 7.48. The van der Waals surface area contributed by atoms with Crippen LogP contribution in [0, 0.1) is 13.0 Å². The van der Waals surface area contributed by atoms with E-state index in [9.17, 15) is 18.3 Å². The molecule has 0 saturated heterocycles. The Morgan fingerprint density at radius 1 is 1.29 bits per heavy atom. The van der Waals surface area contributed by atoms with Crippen LogP contribution < -0.4 is 0 Å². The maximum absolute atomic E-state index is 13.0. The maximum atomic E-state index is 13.0. The summed E-state index contributed by atoms with van der Waals surface area (Å²) in [6.45, 7) is 1.90. The number of aliphatic carboxylic acids is 1. The quantitative estimate of drug-likeness (QED) is 0.852. The summed E-state index contributed by atoms with van der Waals surface area (Å²) in [6.07, 6.45) is 11.0. The van der Waals surface area contributed by atoms with Crippen LogP contribution in [0.1, 0.15) is 5.56 Å². The van der Waals surface area contributed by atoms with Crippen molar-refractivity contribution in [3.8, 4) is 0 Å². The maximum Gasteiger partial charge on any atom is 0.334 e. The number of carboxylic acids is 1. The van der Waals surface area contributed by atoms with Crippen molar-refractivity contribution < 1.29 is 18.3 Å². The fourth-order valence-corrected chi connectivity index (χ4v) is 4.30. The van der Waals surface area contributed by atoms with E-state index in [2.05, 4.69) is 6.08 Å². The standard InChI is InChI=1S/C18H15NO4S/c1-13-7-9-15(10-8-13)24(22,23)19-12-11-16(18(20)21)17(19)14-5-3-2-4-6-14/h2-3,5-11,17H,12H2,1H3/p+1/t17-/m1/s1. The minimum Gasteiger partial charge on any atom is -0.478 e. The summed E-state index contributed by atoms with van der Waals surface area (Å²) in [7, 11) is -3.82. The molecule has 1 atom stereocenters. The number of aryl methyl sites for hydroxylation is 1. The molecule has 0 bridgehead atoms. The van der Waals surface area contributed by atoms with Gasteiger partial charge in [-0.2, -0.15) is 4.31 Å². The van der Waals surface area contributed by atoms with Crippen molar-refractivity contribution in [3.63, 3.8) is 0 Å². The Labute approximate surface area is 141 Å². The number of carboxylic acid groups (broad SMARTS) is 1. The zero-order valence-electron chi connectivity index (χ0n) is 13.0. The van der Waals surface area contributed by atoms with Gasteiger partial charge in [-0.05, 0) is 19.1 Å². The average molecular weight is 342 g/mol. The topological polar surface area (TPSA) is 74.7 Å². The number of hydrogen-bond acceptors (Lipinski definition) is 3. The SMILES string of the molecule is Cc1ccc(S(=O)(=O)N2CC=C(C(=O)O)[C@H]2C2=CC=C[C+]=C2)cc1. The van der Waals surface area contributed by atoms with Gasteiger partial charge in [0.05, 0.1) is 22.1 Å². The highest BCUT2D eigenvalue weighted by atomic mass is 32.2. The van der Waals surface area contributed by atoms with Gasteiger partial charge in [-0.15, -0.1) is 0 Å². The largest absolute Gasteiger partial charge is 0.478 e. The zero-order valence-corrected chi connectivity index (χ0v) is 13.8. The molecule has 1 N–H and O–H groups in total. The van der Waals surface area contributed by atoms with E-state index in [-0.39, 0.29) is 17.0 Å². The van der Waals surface area contributed by atoms with Crippen molar-refractivity contribution in [2.45, 2.75) is 17.9 Å². The lowest BCUT2D eigenvalue weighted by Gasteiger charge is -2.24. The fourth-order valence-electron chi connectivity index (χ4n) is 2.77. The summed E-state index contributed by atoms with van der Waals surface area (Å²) in [5.74, 6) is -1.12. The molecule has 1 heterocycles. The fraction of sp³-hybridized carbons (Fsp3) is 0.167. The van der Waals surface area contributed by atoms with Crippen LogP contribution in [-0.2, 0) is 14.8 Å². The molecule has 1 aliphatic carbocycles. The number of carbonyl (C=O) groups is 1. The molecule has 122 valence electrons. The highest BCUT2D eigenvalue weighted by Gasteiger charge is 2.43. The summed E-state index contributed by atoms with van der Waals surface area (Å²) in [6, 6.07) is 5.67. The third-order valence-electron chi connectivity index (χ3n) is 4.00. The van der Waals surface area contributed by atoms with E-state index in [1.165, 1.54) is 22.5 Å². The molecular weight excluding hydrogens is 326 g/mol. The van der Waals surface area contributed by atoms with Crippen molar-refractivity contribution in [2.75, 3.05) is 6.54 Å². The van der Waals surface area contributed by atoms with Gasteiger partial charge < -0.3 is 5.11 Å². The van der Waals surface area contributed by atoms with E-state index in [0.717, 1.165) is 5.56 Å². The highest BCUT2D eigenvalue weighted by Crippen LogP contribution is 2.32. The molecule has 0 spiro atoms. The molecule has 0 fully saturated rings. The third kappa shape index (κ3) is 2.83. The Morgan fingerprint density at radius 2 is 2.00 bits per heavy atom. The predicted octanol–water partition coefficient (Wildman–Crippen LogP) is 2.23. The lowest BCUT2D eigenvalue weighted by Crippen LogP contribution is -2.39. The number of rotatable bonds is 4. The normalized spacial score (nSPS) is 20.5. The summed E-state index contributed by atoms with van der Waals surface area (Å²) in [4.78, 5) is 11.7. The Morgan fingerprint density at radius 3 is 2.58 bits per heavy atom. The first-order valence-electron chi connectivity index (χ1n) is 7.39. The first-order valence-corrected chi connectivity index (χ1v) is 8.83. The van der Waals surface area contributed by atoms with E-state index in [4.69, 9.17) is 0 Å². The molecular formula is C18H16NO4S+. The second-order valence-electron chi connectivity index (χ2n) is 5.59. The van der Waals surface area contributed by atoms with Crippen molar-refractivity contribution in [1.29, 1.82) is 0 Å². The Hall–Kier alpha value is -2.53. The number of benzene rings is 1. The van der Waals surface area contributed by atoms with Crippen molar-refractivity contribution >= 4 is 16.0 Å². The van der Waals surface area contributed by atoms with E-state index in [1.54, 1.807) is 36.4 Å². The van der Waals surface area contributed by atoms with E-state index >= 15 is 0 Å².